The van der Waals surface area contributed by atoms with E-state index < -0.39 is 9.84 Å². The SMILES string of the molecule is Cc1ccc(S(=O)(=O)c2ccnc(Br)c2)cc1. The number of aryl methyl sites for hydroxylation is 1. The van der Waals surface area contributed by atoms with Crippen LogP contribution in [0.25, 0.3) is 0 Å². The summed E-state index contributed by atoms with van der Waals surface area (Å²) in [6.07, 6.45) is 1.46. The van der Waals surface area contributed by atoms with Gasteiger partial charge in [-0.2, -0.15) is 0 Å². The van der Waals surface area contributed by atoms with Gasteiger partial charge in [-0.05, 0) is 47.1 Å². The third kappa shape index (κ3) is 2.56. The minimum Gasteiger partial charge on any atom is -0.249 e. The van der Waals surface area contributed by atoms with E-state index >= 15 is 0 Å². The molecule has 0 fully saturated rings. The number of hydrogen-bond acceptors (Lipinski definition) is 3. The van der Waals surface area contributed by atoms with Crippen molar-refractivity contribution in [2.24, 2.45) is 0 Å². The average molecular weight is 312 g/mol. The fourth-order valence-electron chi connectivity index (χ4n) is 1.41. The van der Waals surface area contributed by atoms with Gasteiger partial charge in [0.25, 0.3) is 0 Å². The Hall–Kier alpha value is -1.20. The van der Waals surface area contributed by atoms with Gasteiger partial charge in [0.05, 0.1) is 9.79 Å². The van der Waals surface area contributed by atoms with E-state index in [9.17, 15) is 8.42 Å². The molecule has 0 N–H and O–H groups in total. The van der Waals surface area contributed by atoms with Gasteiger partial charge in [-0.15, -0.1) is 0 Å². The van der Waals surface area contributed by atoms with E-state index in [1.807, 2.05) is 6.92 Å². The molecule has 0 aliphatic rings. The van der Waals surface area contributed by atoms with Crippen LogP contribution >= 0.6 is 15.9 Å². The van der Waals surface area contributed by atoms with Crippen LogP contribution in [0.4, 0.5) is 0 Å². The van der Waals surface area contributed by atoms with Gasteiger partial charge < -0.3 is 0 Å². The van der Waals surface area contributed by atoms with Crippen molar-refractivity contribution in [2.75, 3.05) is 0 Å². The van der Waals surface area contributed by atoms with E-state index in [1.54, 1.807) is 24.3 Å². The van der Waals surface area contributed by atoms with Crippen molar-refractivity contribution in [2.45, 2.75) is 16.7 Å². The topological polar surface area (TPSA) is 47.0 Å². The first-order valence-electron chi connectivity index (χ1n) is 4.93. The molecule has 17 heavy (non-hydrogen) atoms. The number of pyridine rings is 1. The lowest BCUT2D eigenvalue weighted by Crippen LogP contribution is -2.02. The monoisotopic (exact) mass is 311 g/mol. The molecule has 1 aromatic heterocycles. The van der Waals surface area contributed by atoms with Crippen LogP contribution in [0.5, 0.6) is 0 Å². The van der Waals surface area contributed by atoms with Crippen molar-refractivity contribution in [1.82, 2.24) is 4.98 Å². The average Bonchev–Trinajstić information content (AvgIpc) is 2.29. The minimum atomic E-state index is -3.45. The zero-order valence-corrected chi connectivity index (χ0v) is 11.5. The number of halogens is 1. The van der Waals surface area contributed by atoms with Gasteiger partial charge in [-0.25, -0.2) is 13.4 Å². The molecule has 0 spiro atoms. The second-order valence-electron chi connectivity index (χ2n) is 3.63. The molecule has 0 bridgehead atoms. The van der Waals surface area contributed by atoms with Crippen molar-refractivity contribution in [3.63, 3.8) is 0 Å². The molecule has 5 heteroatoms. The summed E-state index contributed by atoms with van der Waals surface area (Å²) >= 11 is 3.16. The fraction of sp³-hybridized carbons (Fsp3) is 0.0833. The van der Waals surface area contributed by atoms with Crippen molar-refractivity contribution in [3.05, 3.63) is 52.8 Å². The first kappa shape index (κ1) is 12.3. The van der Waals surface area contributed by atoms with Crippen molar-refractivity contribution < 1.29 is 8.42 Å². The summed E-state index contributed by atoms with van der Waals surface area (Å²) in [5, 5.41) is 0. The maximum Gasteiger partial charge on any atom is 0.206 e. The van der Waals surface area contributed by atoms with Gasteiger partial charge in [-0.1, -0.05) is 17.7 Å². The lowest BCUT2D eigenvalue weighted by atomic mass is 10.2. The van der Waals surface area contributed by atoms with E-state index in [1.165, 1.54) is 18.3 Å². The van der Waals surface area contributed by atoms with E-state index in [0.717, 1.165) is 5.56 Å². The Morgan fingerprint density at radius 2 is 1.71 bits per heavy atom. The molecular formula is C12H10BrNO2S. The van der Waals surface area contributed by atoms with Crippen LogP contribution in [-0.2, 0) is 9.84 Å². The number of hydrogen-bond donors (Lipinski definition) is 0. The Kier molecular flexibility index (Phi) is 3.31. The summed E-state index contributed by atoms with van der Waals surface area (Å²) in [5.74, 6) is 0. The van der Waals surface area contributed by atoms with E-state index in [0.29, 0.717) is 9.50 Å². The van der Waals surface area contributed by atoms with Gasteiger partial charge in [0.15, 0.2) is 0 Å². The Labute approximate surface area is 109 Å². The highest BCUT2D eigenvalue weighted by atomic mass is 79.9. The standard InChI is InChI=1S/C12H10BrNO2S/c1-9-2-4-10(5-3-9)17(15,16)11-6-7-14-12(13)8-11/h2-8H,1H3. The normalized spacial score (nSPS) is 11.4. The van der Waals surface area contributed by atoms with E-state index in [4.69, 9.17) is 0 Å². The van der Waals surface area contributed by atoms with Crippen molar-refractivity contribution in [3.8, 4) is 0 Å². The third-order valence-corrected chi connectivity index (χ3v) is 4.54. The summed E-state index contributed by atoms with van der Waals surface area (Å²) in [6.45, 7) is 1.92. The van der Waals surface area contributed by atoms with Crippen LogP contribution in [0.3, 0.4) is 0 Å². The molecule has 3 nitrogen and oxygen atoms in total. The predicted molar refractivity (Wildman–Crippen MR) is 68.6 cm³/mol. The van der Waals surface area contributed by atoms with Gasteiger partial charge in [-0.3, -0.25) is 0 Å². The predicted octanol–water partition coefficient (Wildman–Crippen LogP) is 2.99. The number of sulfone groups is 1. The molecule has 0 unspecified atom stereocenters. The molecule has 0 aliphatic carbocycles. The number of nitrogens with zero attached hydrogens (tertiary/aromatic N) is 1. The van der Waals surface area contributed by atoms with Gasteiger partial charge in [0.1, 0.15) is 4.60 Å². The van der Waals surface area contributed by atoms with Crippen LogP contribution in [-0.4, -0.2) is 13.4 Å². The summed E-state index contributed by atoms with van der Waals surface area (Å²) in [5.41, 5.74) is 1.03. The zero-order valence-electron chi connectivity index (χ0n) is 9.09. The van der Waals surface area contributed by atoms with Crippen LogP contribution in [0.2, 0.25) is 0 Å². The Morgan fingerprint density at radius 3 is 2.29 bits per heavy atom. The molecule has 1 heterocycles. The van der Waals surface area contributed by atoms with Gasteiger partial charge in [0.2, 0.25) is 9.84 Å². The lowest BCUT2D eigenvalue weighted by molar-refractivity contribution is 0.596. The number of aromatic nitrogens is 1. The molecule has 88 valence electrons. The first-order valence-corrected chi connectivity index (χ1v) is 7.21. The first-order chi connectivity index (χ1) is 8.00. The molecule has 1 aromatic carbocycles. The molecule has 0 aliphatic heterocycles. The molecular weight excluding hydrogens is 302 g/mol. The number of benzene rings is 1. The molecule has 2 aromatic rings. The highest BCUT2D eigenvalue weighted by Crippen LogP contribution is 2.22. The second kappa shape index (κ2) is 4.58. The Morgan fingerprint density at radius 1 is 1.06 bits per heavy atom. The molecule has 0 saturated carbocycles. The zero-order chi connectivity index (χ0) is 12.5. The van der Waals surface area contributed by atoms with E-state index in [-0.39, 0.29) is 4.90 Å². The highest BCUT2D eigenvalue weighted by molar-refractivity contribution is 9.10. The lowest BCUT2D eigenvalue weighted by Gasteiger charge is -2.04. The summed E-state index contributed by atoms with van der Waals surface area (Å²) < 4.78 is 25.0. The summed E-state index contributed by atoms with van der Waals surface area (Å²) in [4.78, 5) is 4.45. The quantitative estimate of drug-likeness (QED) is 0.801. The van der Waals surface area contributed by atoms with Gasteiger partial charge >= 0.3 is 0 Å². The van der Waals surface area contributed by atoms with Crippen molar-refractivity contribution >= 4 is 25.8 Å². The van der Waals surface area contributed by atoms with Crippen LogP contribution in [0.1, 0.15) is 5.56 Å². The maximum atomic E-state index is 12.2. The molecule has 0 atom stereocenters. The highest BCUT2D eigenvalue weighted by Gasteiger charge is 2.17. The molecule has 0 saturated heterocycles. The van der Waals surface area contributed by atoms with Crippen LogP contribution < -0.4 is 0 Å². The molecule has 2 rings (SSSR count). The van der Waals surface area contributed by atoms with Gasteiger partial charge in [0, 0.05) is 6.20 Å². The molecule has 0 radical (unpaired) electrons. The maximum absolute atomic E-state index is 12.2. The second-order valence-corrected chi connectivity index (χ2v) is 6.39. The Balaban J connectivity index is 2.54. The Bertz CT molecular complexity index is 636. The third-order valence-electron chi connectivity index (χ3n) is 2.34. The number of rotatable bonds is 2. The van der Waals surface area contributed by atoms with Crippen LogP contribution in [0.15, 0.2) is 57.0 Å². The van der Waals surface area contributed by atoms with Crippen LogP contribution in [0, 0.1) is 6.92 Å². The molecule has 0 amide bonds. The van der Waals surface area contributed by atoms with Crippen molar-refractivity contribution in [1.29, 1.82) is 0 Å². The largest absolute Gasteiger partial charge is 0.249 e. The van der Waals surface area contributed by atoms with E-state index in [2.05, 4.69) is 20.9 Å². The minimum absolute atomic E-state index is 0.239. The summed E-state index contributed by atoms with van der Waals surface area (Å²) in [6, 6.07) is 9.76. The fourth-order valence-corrected chi connectivity index (χ4v) is 3.20. The smallest absolute Gasteiger partial charge is 0.206 e. The summed E-state index contributed by atoms with van der Waals surface area (Å²) in [7, 11) is -3.45.